The van der Waals surface area contributed by atoms with Gasteiger partial charge in [-0.3, -0.25) is 9.59 Å². The van der Waals surface area contributed by atoms with Crippen LogP contribution in [0, 0.1) is 0 Å². The summed E-state index contributed by atoms with van der Waals surface area (Å²) in [4.78, 5) is 25.6. The summed E-state index contributed by atoms with van der Waals surface area (Å²) < 4.78 is 39.1. The van der Waals surface area contributed by atoms with Crippen molar-refractivity contribution in [2.45, 2.75) is 26.0 Å². The van der Waals surface area contributed by atoms with Gasteiger partial charge in [-0.15, -0.1) is 0 Å². The number of carbonyl (C=O) groups excluding carboxylic acids is 2. The molecule has 1 N–H and O–H groups in total. The van der Waals surface area contributed by atoms with Crippen LogP contribution in [0.4, 0.5) is 8.78 Å². The van der Waals surface area contributed by atoms with Gasteiger partial charge in [-0.25, -0.2) is 0 Å². The largest absolute Gasteiger partial charge is 0.493 e. The number of alkyl halides is 2. The predicted octanol–water partition coefficient (Wildman–Crippen LogP) is 1.55. The van der Waals surface area contributed by atoms with Gasteiger partial charge < -0.3 is 24.4 Å². The third kappa shape index (κ3) is 6.14. The molecule has 1 saturated heterocycles. The van der Waals surface area contributed by atoms with E-state index in [0.717, 1.165) is 0 Å². The monoisotopic (exact) mass is 372 g/mol. The number of nitrogens with zero attached hydrogens (tertiary/aromatic N) is 1. The molecule has 1 aromatic rings. The van der Waals surface area contributed by atoms with Gasteiger partial charge in [0, 0.05) is 32.5 Å². The summed E-state index contributed by atoms with van der Waals surface area (Å²) >= 11 is 0. The summed E-state index contributed by atoms with van der Waals surface area (Å²) in [5, 5.41) is 2.69. The number of hydrogen-bond donors (Lipinski definition) is 1. The molecule has 0 atom stereocenters. The summed E-state index contributed by atoms with van der Waals surface area (Å²) in [5.74, 6) is -0.259. The first-order chi connectivity index (χ1) is 12.5. The minimum absolute atomic E-state index is 0.0707. The van der Waals surface area contributed by atoms with Crippen molar-refractivity contribution in [1.29, 1.82) is 0 Å². The molecule has 0 unspecified atom stereocenters. The molecule has 2 rings (SSSR count). The Kier molecular flexibility index (Phi) is 7.58. The maximum atomic E-state index is 12.3. The molecule has 0 aromatic heterocycles. The molecule has 9 heteroatoms. The van der Waals surface area contributed by atoms with Crippen molar-refractivity contribution < 1.29 is 32.6 Å². The van der Waals surface area contributed by atoms with Crippen LogP contribution in [0.1, 0.15) is 18.4 Å². The number of hydrogen-bond acceptors (Lipinski definition) is 5. The number of methoxy groups -OCH3 is 1. The van der Waals surface area contributed by atoms with Gasteiger partial charge >= 0.3 is 6.61 Å². The van der Waals surface area contributed by atoms with Crippen LogP contribution < -0.4 is 14.8 Å². The standard InChI is InChI=1S/C17H22F2N2O5/c1-24-14-10-12(2-3-13(14)26-17(18)19)11-20-15(22)4-5-16(23)21-6-8-25-9-7-21/h2-3,10,17H,4-9,11H2,1H3,(H,20,22). The van der Waals surface area contributed by atoms with Crippen molar-refractivity contribution in [1.82, 2.24) is 10.2 Å². The first kappa shape index (κ1) is 19.9. The van der Waals surface area contributed by atoms with Gasteiger partial charge in [0.25, 0.3) is 0 Å². The Bertz CT molecular complexity index is 621. The Morgan fingerprint density at radius 3 is 2.62 bits per heavy atom. The molecule has 2 amide bonds. The molecule has 1 heterocycles. The Morgan fingerprint density at radius 2 is 1.96 bits per heavy atom. The third-order valence-corrected chi connectivity index (χ3v) is 3.86. The minimum atomic E-state index is -2.95. The van der Waals surface area contributed by atoms with E-state index in [-0.39, 0.29) is 42.7 Å². The van der Waals surface area contributed by atoms with Crippen molar-refractivity contribution in [3.63, 3.8) is 0 Å². The SMILES string of the molecule is COc1cc(CNC(=O)CCC(=O)N2CCOCC2)ccc1OC(F)F. The average molecular weight is 372 g/mol. The molecule has 7 nitrogen and oxygen atoms in total. The van der Waals surface area contributed by atoms with Gasteiger partial charge in [-0.1, -0.05) is 6.07 Å². The fourth-order valence-electron chi connectivity index (χ4n) is 2.50. The van der Waals surface area contributed by atoms with E-state index in [4.69, 9.17) is 9.47 Å². The fraction of sp³-hybridized carbons (Fsp3) is 0.529. The Balaban J connectivity index is 1.78. The van der Waals surface area contributed by atoms with Crippen molar-refractivity contribution in [2.24, 2.45) is 0 Å². The zero-order valence-corrected chi connectivity index (χ0v) is 14.5. The molecule has 144 valence electrons. The van der Waals surface area contributed by atoms with Gasteiger partial charge in [0.05, 0.1) is 20.3 Å². The highest BCUT2D eigenvalue weighted by Gasteiger charge is 2.17. The summed E-state index contributed by atoms with van der Waals surface area (Å²) in [6, 6.07) is 4.42. The van der Waals surface area contributed by atoms with E-state index in [1.807, 2.05) is 0 Å². The van der Waals surface area contributed by atoms with Crippen molar-refractivity contribution in [3.8, 4) is 11.5 Å². The van der Waals surface area contributed by atoms with Gasteiger partial charge in [0.2, 0.25) is 11.8 Å². The second-order valence-electron chi connectivity index (χ2n) is 5.63. The fourth-order valence-corrected chi connectivity index (χ4v) is 2.50. The Labute approximate surface area is 150 Å². The van der Waals surface area contributed by atoms with Crippen LogP contribution >= 0.6 is 0 Å². The minimum Gasteiger partial charge on any atom is -0.493 e. The average Bonchev–Trinajstić information content (AvgIpc) is 2.65. The van der Waals surface area contributed by atoms with E-state index in [0.29, 0.717) is 31.9 Å². The first-order valence-corrected chi connectivity index (χ1v) is 8.23. The second kappa shape index (κ2) is 9.91. The molecular formula is C17H22F2N2O5. The van der Waals surface area contributed by atoms with Crippen molar-refractivity contribution in [2.75, 3.05) is 33.4 Å². The number of halogens is 2. The van der Waals surface area contributed by atoms with Crippen LogP contribution in [-0.2, 0) is 20.9 Å². The molecular weight excluding hydrogens is 350 g/mol. The van der Waals surface area contributed by atoms with Crippen LogP contribution in [0.15, 0.2) is 18.2 Å². The highest BCUT2D eigenvalue weighted by atomic mass is 19.3. The number of nitrogens with one attached hydrogen (secondary N) is 1. The molecule has 0 spiro atoms. The molecule has 0 radical (unpaired) electrons. The smallest absolute Gasteiger partial charge is 0.387 e. The molecule has 1 aromatic carbocycles. The molecule has 0 bridgehead atoms. The molecule has 0 aliphatic carbocycles. The molecule has 0 saturated carbocycles. The maximum absolute atomic E-state index is 12.3. The van der Waals surface area contributed by atoms with Gasteiger partial charge in [-0.05, 0) is 17.7 Å². The highest BCUT2D eigenvalue weighted by Crippen LogP contribution is 2.29. The number of amides is 2. The van der Waals surface area contributed by atoms with Crippen LogP contribution in [0.2, 0.25) is 0 Å². The lowest BCUT2D eigenvalue weighted by Crippen LogP contribution is -2.41. The van der Waals surface area contributed by atoms with E-state index >= 15 is 0 Å². The lowest BCUT2D eigenvalue weighted by atomic mass is 10.2. The topological polar surface area (TPSA) is 77.1 Å². The Morgan fingerprint density at radius 1 is 1.23 bits per heavy atom. The Hall–Kier alpha value is -2.42. The molecule has 26 heavy (non-hydrogen) atoms. The quantitative estimate of drug-likeness (QED) is 0.749. The summed E-state index contributed by atoms with van der Waals surface area (Å²) in [6.07, 6.45) is 0.218. The predicted molar refractivity (Wildman–Crippen MR) is 88.1 cm³/mol. The summed E-state index contributed by atoms with van der Waals surface area (Å²) in [7, 11) is 1.34. The number of benzene rings is 1. The summed E-state index contributed by atoms with van der Waals surface area (Å²) in [6.45, 7) is -0.620. The first-order valence-electron chi connectivity index (χ1n) is 8.23. The lowest BCUT2D eigenvalue weighted by Gasteiger charge is -2.26. The number of rotatable bonds is 8. The van der Waals surface area contributed by atoms with Crippen molar-refractivity contribution in [3.05, 3.63) is 23.8 Å². The molecule has 1 aliphatic rings. The molecule has 1 aliphatic heterocycles. The van der Waals surface area contributed by atoms with E-state index in [1.165, 1.54) is 19.2 Å². The van der Waals surface area contributed by atoms with Gasteiger partial charge in [0.15, 0.2) is 11.5 Å². The van der Waals surface area contributed by atoms with E-state index in [1.54, 1.807) is 11.0 Å². The number of morpholine rings is 1. The van der Waals surface area contributed by atoms with Crippen LogP contribution in [0.5, 0.6) is 11.5 Å². The normalized spacial score (nSPS) is 14.2. The van der Waals surface area contributed by atoms with Crippen LogP contribution in [0.3, 0.4) is 0 Å². The second-order valence-corrected chi connectivity index (χ2v) is 5.63. The highest BCUT2D eigenvalue weighted by molar-refractivity contribution is 5.83. The summed E-state index contributed by atoms with van der Waals surface area (Å²) in [5.41, 5.74) is 0.663. The van der Waals surface area contributed by atoms with E-state index in [2.05, 4.69) is 10.1 Å². The zero-order valence-electron chi connectivity index (χ0n) is 14.5. The maximum Gasteiger partial charge on any atom is 0.387 e. The van der Waals surface area contributed by atoms with Gasteiger partial charge in [0.1, 0.15) is 0 Å². The number of ether oxygens (including phenoxy) is 3. The zero-order chi connectivity index (χ0) is 18.9. The molecule has 1 fully saturated rings. The van der Waals surface area contributed by atoms with E-state index < -0.39 is 6.61 Å². The number of carbonyl (C=O) groups is 2. The lowest BCUT2D eigenvalue weighted by molar-refractivity contribution is -0.137. The third-order valence-electron chi connectivity index (χ3n) is 3.86. The van der Waals surface area contributed by atoms with Crippen molar-refractivity contribution >= 4 is 11.8 Å². The van der Waals surface area contributed by atoms with E-state index in [9.17, 15) is 18.4 Å². The van der Waals surface area contributed by atoms with Gasteiger partial charge in [-0.2, -0.15) is 8.78 Å². The van der Waals surface area contributed by atoms with Crippen LogP contribution in [-0.4, -0.2) is 56.7 Å². The van der Waals surface area contributed by atoms with Crippen LogP contribution in [0.25, 0.3) is 0 Å².